The van der Waals surface area contributed by atoms with Crippen molar-refractivity contribution in [1.29, 1.82) is 0 Å². The molecule has 14 heavy (non-hydrogen) atoms. The molecule has 0 heterocycles. The van der Waals surface area contributed by atoms with Gasteiger partial charge in [-0.25, -0.2) is 0 Å². The number of halogens is 1. The Bertz CT molecular complexity index is 336. The summed E-state index contributed by atoms with van der Waals surface area (Å²) < 4.78 is 10.9. The highest BCUT2D eigenvalue weighted by Gasteiger charge is 2.10. The zero-order valence-electron chi connectivity index (χ0n) is 8.04. The van der Waals surface area contributed by atoms with Gasteiger partial charge < -0.3 is 9.47 Å². The van der Waals surface area contributed by atoms with Gasteiger partial charge in [-0.15, -0.1) is 0 Å². The van der Waals surface area contributed by atoms with Crippen LogP contribution in [0.3, 0.4) is 0 Å². The van der Waals surface area contributed by atoms with E-state index in [1.807, 2.05) is 0 Å². The number of rotatable bonds is 4. The molecule has 0 saturated heterocycles. The number of ether oxygens (including phenoxy) is 2. The average Bonchev–Trinajstić information content (AvgIpc) is 2.21. The molecule has 0 N–H and O–H groups in total. The minimum absolute atomic E-state index is 0.408. The Labute approximate surface area is 91.1 Å². The molecular weight excluding hydrogens is 248 g/mol. The first kappa shape index (κ1) is 11.2. The lowest BCUT2D eigenvalue weighted by Gasteiger charge is -2.10. The molecule has 1 aromatic carbocycles. The first-order chi connectivity index (χ1) is 6.74. The lowest BCUT2D eigenvalue weighted by Crippen LogP contribution is -1.98. The van der Waals surface area contributed by atoms with Crippen LogP contribution in [0.2, 0.25) is 0 Å². The fourth-order valence-electron chi connectivity index (χ4n) is 1.18. The van der Waals surface area contributed by atoms with Gasteiger partial charge in [-0.3, -0.25) is 4.79 Å². The number of hydrogen-bond acceptors (Lipinski definition) is 3. The summed E-state index contributed by atoms with van der Waals surface area (Å²) in [6.07, 6.45) is 0.794. The molecule has 0 atom stereocenters. The molecule has 0 aromatic heterocycles. The molecular formula is C10H11BrO3. The Morgan fingerprint density at radius 3 is 2.64 bits per heavy atom. The van der Waals surface area contributed by atoms with Gasteiger partial charge in [0, 0.05) is 22.7 Å². The Hall–Kier alpha value is -0.870. The summed E-state index contributed by atoms with van der Waals surface area (Å²) in [5.41, 5.74) is 1.44. The fraction of sp³-hybridized carbons (Fsp3) is 0.300. The molecule has 0 aliphatic carbocycles. The van der Waals surface area contributed by atoms with Gasteiger partial charge in [-0.05, 0) is 28.1 Å². The van der Waals surface area contributed by atoms with Crippen LogP contribution < -0.4 is 4.74 Å². The fourth-order valence-corrected chi connectivity index (χ4v) is 1.72. The predicted octanol–water partition coefficient (Wildman–Crippen LogP) is 2.42. The summed E-state index contributed by atoms with van der Waals surface area (Å²) in [6.45, 7) is 0.408. The molecule has 0 bridgehead atoms. The van der Waals surface area contributed by atoms with Crippen LogP contribution in [0.1, 0.15) is 15.9 Å². The van der Waals surface area contributed by atoms with Gasteiger partial charge in [-0.2, -0.15) is 0 Å². The smallest absolute Gasteiger partial charge is 0.151 e. The number of hydrogen-bond donors (Lipinski definition) is 0. The van der Waals surface area contributed by atoms with Gasteiger partial charge in [0.2, 0.25) is 0 Å². The number of carbonyl (C=O) groups excluding carboxylic acids is 1. The highest BCUT2D eigenvalue weighted by molar-refractivity contribution is 9.10. The third-order valence-corrected chi connectivity index (χ3v) is 2.80. The van der Waals surface area contributed by atoms with E-state index in [0.29, 0.717) is 17.9 Å². The van der Waals surface area contributed by atoms with Crippen molar-refractivity contribution in [3.63, 3.8) is 0 Å². The largest absolute Gasteiger partial charge is 0.496 e. The van der Waals surface area contributed by atoms with Gasteiger partial charge in [0.15, 0.2) is 6.29 Å². The number of carbonyl (C=O) groups is 1. The first-order valence-corrected chi connectivity index (χ1v) is 4.83. The van der Waals surface area contributed by atoms with Crippen LogP contribution in [0.5, 0.6) is 5.75 Å². The Kier molecular flexibility index (Phi) is 4.10. The first-order valence-electron chi connectivity index (χ1n) is 4.04. The average molecular weight is 259 g/mol. The summed E-state index contributed by atoms with van der Waals surface area (Å²) in [4.78, 5) is 10.7. The maximum Gasteiger partial charge on any atom is 0.151 e. The standard InChI is InChI=1S/C10H11BrO3/c1-13-6-8-9(14-2)4-3-7(5-12)10(8)11/h3-5H,6H2,1-2H3. The Morgan fingerprint density at radius 1 is 1.43 bits per heavy atom. The Morgan fingerprint density at radius 2 is 2.14 bits per heavy atom. The molecule has 0 aliphatic heterocycles. The van der Waals surface area contributed by atoms with Crippen molar-refractivity contribution in [2.24, 2.45) is 0 Å². The summed E-state index contributed by atoms with van der Waals surface area (Å²) in [5, 5.41) is 0. The van der Waals surface area contributed by atoms with Crippen LogP contribution in [-0.4, -0.2) is 20.5 Å². The van der Waals surface area contributed by atoms with Crippen molar-refractivity contribution < 1.29 is 14.3 Å². The van der Waals surface area contributed by atoms with Gasteiger partial charge in [0.05, 0.1) is 13.7 Å². The van der Waals surface area contributed by atoms with Gasteiger partial charge in [0.1, 0.15) is 5.75 Å². The molecule has 0 radical (unpaired) electrons. The molecule has 0 unspecified atom stereocenters. The number of benzene rings is 1. The maximum absolute atomic E-state index is 10.7. The molecule has 0 saturated carbocycles. The van der Waals surface area contributed by atoms with E-state index >= 15 is 0 Å². The van der Waals surface area contributed by atoms with Crippen LogP contribution in [0.4, 0.5) is 0 Å². The molecule has 0 amide bonds. The van der Waals surface area contributed by atoms with Crippen molar-refractivity contribution in [2.75, 3.05) is 14.2 Å². The van der Waals surface area contributed by atoms with E-state index in [1.54, 1.807) is 26.4 Å². The van der Waals surface area contributed by atoms with E-state index in [-0.39, 0.29) is 0 Å². The van der Waals surface area contributed by atoms with E-state index < -0.39 is 0 Å². The molecule has 4 heteroatoms. The second-order valence-corrected chi connectivity index (χ2v) is 3.49. The lowest BCUT2D eigenvalue weighted by atomic mass is 10.1. The van der Waals surface area contributed by atoms with E-state index in [2.05, 4.69) is 15.9 Å². The summed E-state index contributed by atoms with van der Waals surface area (Å²) in [7, 11) is 3.18. The lowest BCUT2D eigenvalue weighted by molar-refractivity contribution is 0.112. The second kappa shape index (κ2) is 5.12. The van der Waals surface area contributed by atoms with Crippen molar-refractivity contribution in [3.8, 4) is 5.75 Å². The topological polar surface area (TPSA) is 35.5 Å². The van der Waals surface area contributed by atoms with Crippen LogP contribution in [-0.2, 0) is 11.3 Å². The quantitative estimate of drug-likeness (QED) is 0.779. The van der Waals surface area contributed by atoms with E-state index in [0.717, 1.165) is 16.3 Å². The summed E-state index contributed by atoms with van der Waals surface area (Å²) in [6, 6.07) is 3.46. The monoisotopic (exact) mass is 258 g/mol. The Balaban J connectivity index is 3.23. The third kappa shape index (κ3) is 2.13. The zero-order valence-corrected chi connectivity index (χ0v) is 9.63. The number of aldehydes is 1. The SMILES string of the molecule is COCc1c(OC)ccc(C=O)c1Br. The highest BCUT2D eigenvalue weighted by Crippen LogP contribution is 2.29. The summed E-state index contributed by atoms with van der Waals surface area (Å²) >= 11 is 3.34. The molecule has 0 spiro atoms. The maximum atomic E-state index is 10.7. The second-order valence-electron chi connectivity index (χ2n) is 2.70. The van der Waals surface area contributed by atoms with Crippen LogP contribution in [0, 0.1) is 0 Å². The number of methoxy groups -OCH3 is 2. The molecule has 0 aliphatic rings. The molecule has 3 nitrogen and oxygen atoms in total. The van der Waals surface area contributed by atoms with Crippen molar-refractivity contribution in [2.45, 2.75) is 6.61 Å². The van der Waals surface area contributed by atoms with E-state index in [4.69, 9.17) is 9.47 Å². The highest BCUT2D eigenvalue weighted by atomic mass is 79.9. The van der Waals surface area contributed by atoms with Crippen LogP contribution in [0.25, 0.3) is 0 Å². The zero-order chi connectivity index (χ0) is 10.6. The van der Waals surface area contributed by atoms with Crippen molar-refractivity contribution in [3.05, 3.63) is 27.7 Å². The molecule has 0 fully saturated rings. The van der Waals surface area contributed by atoms with Crippen molar-refractivity contribution in [1.82, 2.24) is 0 Å². The van der Waals surface area contributed by atoms with Gasteiger partial charge in [0.25, 0.3) is 0 Å². The van der Waals surface area contributed by atoms with E-state index in [1.165, 1.54) is 0 Å². The van der Waals surface area contributed by atoms with Crippen LogP contribution >= 0.6 is 15.9 Å². The minimum Gasteiger partial charge on any atom is -0.496 e. The minimum atomic E-state index is 0.408. The van der Waals surface area contributed by atoms with Crippen LogP contribution in [0.15, 0.2) is 16.6 Å². The summed E-state index contributed by atoms with van der Waals surface area (Å²) in [5.74, 6) is 0.712. The van der Waals surface area contributed by atoms with Gasteiger partial charge >= 0.3 is 0 Å². The van der Waals surface area contributed by atoms with E-state index in [9.17, 15) is 4.79 Å². The predicted molar refractivity (Wildman–Crippen MR) is 56.8 cm³/mol. The van der Waals surface area contributed by atoms with Gasteiger partial charge in [-0.1, -0.05) is 0 Å². The van der Waals surface area contributed by atoms with Crippen molar-refractivity contribution >= 4 is 22.2 Å². The molecule has 1 rings (SSSR count). The normalized spacial score (nSPS) is 9.93. The third-order valence-electron chi connectivity index (χ3n) is 1.87. The molecule has 1 aromatic rings. The molecule has 76 valence electrons.